The van der Waals surface area contributed by atoms with Crippen molar-refractivity contribution in [3.05, 3.63) is 35.6 Å². The molecule has 0 spiro atoms. The van der Waals surface area contributed by atoms with Crippen LogP contribution in [0.5, 0.6) is 5.88 Å². The predicted molar refractivity (Wildman–Crippen MR) is 251 cm³/mol. The van der Waals surface area contributed by atoms with Crippen molar-refractivity contribution < 1.29 is 42.6 Å². The highest BCUT2D eigenvalue weighted by Crippen LogP contribution is 2.47. The number of carbonyl (C=O) groups excluding carboxylic acids is 2. The quantitative estimate of drug-likeness (QED) is 0.0835. The number of pyridine rings is 2. The maximum Gasteiger partial charge on any atom is 0.425 e. The van der Waals surface area contributed by atoms with E-state index < -0.39 is 72.7 Å². The molecule has 2 bridgehead atoms. The number of nitrogens with zero attached hydrogens (tertiary/aromatic N) is 7. The first-order chi connectivity index (χ1) is 30.2. The highest BCUT2D eigenvalue weighted by atomic mass is 32.2. The van der Waals surface area contributed by atoms with Crippen LogP contribution in [0, 0.1) is 17.3 Å². The van der Waals surface area contributed by atoms with Crippen LogP contribution in [0.25, 0.3) is 33.1 Å². The summed E-state index contributed by atoms with van der Waals surface area (Å²) in [5.74, 6) is 2.57. The van der Waals surface area contributed by atoms with E-state index in [0.29, 0.717) is 45.3 Å². The van der Waals surface area contributed by atoms with Gasteiger partial charge < -0.3 is 28.8 Å². The topological polar surface area (TPSA) is 183 Å². The average Bonchev–Trinajstić information content (AvgIpc) is 3.43. The zero-order chi connectivity index (χ0) is 47.8. The van der Waals surface area contributed by atoms with Crippen molar-refractivity contribution >= 4 is 71.0 Å². The first-order valence-electron chi connectivity index (χ1n) is 22.2. The van der Waals surface area contributed by atoms with Gasteiger partial charge in [-0.2, -0.15) is 14.9 Å². The summed E-state index contributed by atoms with van der Waals surface area (Å²) in [5, 5.41) is 10.7. The molecule has 348 valence electrons. The normalized spacial score (nSPS) is 20.0. The minimum Gasteiger partial charge on any atom is -0.609 e. The predicted octanol–water partition coefficient (Wildman–Crippen LogP) is 9.84. The largest absolute Gasteiger partial charge is 0.609 e. The lowest BCUT2D eigenvalue weighted by Crippen LogP contribution is -2.64. The second-order valence-electron chi connectivity index (χ2n) is 20.2. The number of fused-ring (bicyclic) bond motifs is 6. The van der Waals surface area contributed by atoms with Gasteiger partial charge in [0.15, 0.2) is 11.6 Å². The third-order valence-corrected chi connectivity index (χ3v) is 19.7. The SMILES string of the molecule is CC1Oc2nc(-c3cc(N(C(=O)OC(C)(C)C)C(=O)OC(C)(C)C)nc4cccc(C#C[Si](C(C)C)(C(C)C)C(C)C)c34)c(F)c3nc([S+](C)[O-])nc(c23)N2CC3CCC(C12)N3C(=O)O. The Morgan fingerprint density at radius 2 is 1.57 bits per heavy atom. The molecular weight excluding hydrogens is 870 g/mol. The van der Waals surface area contributed by atoms with Gasteiger partial charge in [-0.3, -0.25) is 4.90 Å². The first kappa shape index (κ1) is 47.7. The van der Waals surface area contributed by atoms with Crippen LogP contribution in [-0.4, -0.2) is 109 Å². The molecule has 3 aromatic heterocycles. The van der Waals surface area contributed by atoms with E-state index in [1.807, 2.05) is 17.9 Å². The van der Waals surface area contributed by atoms with E-state index in [-0.39, 0.29) is 62.9 Å². The summed E-state index contributed by atoms with van der Waals surface area (Å²) in [6.07, 6.45) is -1.29. The van der Waals surface area contributed by atoms with E-state index in [0.717, 1.165) is 0 Å². The standard InChI is InChI=1S/C47H60FN7O8SSi/c1-24(2)65(25(3)4,26(5)6)21-20-28-16-15-17-31-34(28)30(22-33(49-31)55(44(58)62-46(8,9)10)45(59)63-47(11,12)13)37-36(48)38-35-40(52-42(51-38)64(14)60)53-23-29-18-19-32(54(29)43(56)57)39(53)27(7)61-41(35)50-37/h15-17,22,24-27,29,32,39H,18-19,23H2,1-14H3,(H,56,57). The minimum atomic E-state index is -2.34. The van der Waals surface area contributed by atoms with Crippen LogP contribution >= 0.6 is 0 Å². The second-order valence-corrected chi connectivity index (χ2v) is 27.1. The van der Waals surface area contributed by atoms with E-state index in [4.69, 9.17) is 29.2 Å². The van der Waals surface area contributed by atoms with Crippen LogP contribution in [0.1, 0.15) is 108 Å². The number of carboxylic acid groups (broad SMARTS) is 1. The number of hydrogen-bond donors (Lipinski definition) is 1. The van der Waals surface area contributed by atoms with Crippen molar-refractivity contribution in [2.75, 3.05) is 22.6 Å². The number of benzene rings is 1. The van der Waals surface area contributed by atoms with Crippen molar-refractivity contribution in [1.82, 2.24) is 24.8 Å². The number of hydrogen-bond acceptors (Lipinski definition) is 12. The van der Waals surface area contributed by atoms with E-state index in [1.54, 1.807) is 53.7 Å². The van der Waals surface area contributed by atoms with Gasteiger partial charge in [-0.05, 0) is 96.1 Å². The fraction of sp³-hybridized carbons (Fsp3) is 0.553. The fourth-order valence-electron chi connectivity index (χ4n) is 10.2. The molecule has 7 rings (SSSR count). The Labute approximate surface area is 384 Å². The van der Waals surface area contributed by atoms with Gasteiger partial charge in [0, 0.05) is 34.2 Å². The molecule has 15 nitrogen and oxygen atoms in total. The van der Waals surface area contributed by atoms with Crippen LogP contribution in [0.3, 0.4) is 0 Å². The fourth-order valence-corrected chi connectivity index (χ4v) is 15.8. The Bertz CT molecular complexity index is 2590. The summed E-state index contributed by atoms with van der Waals surface area (Å²) < 4.78 is 49.5. The molecule has 2 saturated heterocycles. The van der Waals surface area contributed by atoms with Crippen LogP contribution < -0.4 is 14.5 Å². The van der Waals surface area contributed by atoms with E-state index in [1.165, 1.54) is 17.2 Å². The number of halogens is 1. The van der Waals surface area contributed by atoms with Gasteiger partial charge in [-0.15, -0.1) is 5.54 Å². The Hall–Kier alpha value is -5.25. The van der Waals surface area contributed by atoms with E-state index in [9.17, 15) is 24.0 Å². The molecule has 3 amide bonds. The summed E-state index contributed by atoms with van der Waals surface area (Å²) >= 11 is -1.78. The maximum absolute atomic E-state index is 18.1. The van der Waals surface area contributed by atoms with Crippen molar-refractivity contribution in [3.63, 3.8) is 0 Å². The van der Waals surface area contributed by atoms with Crippen molar-refractivity contribution in [1.29, 1.82) is 0 Å². The number of anilines is 2. The number of rotatable bonds is 6. The lowest BCUT2D eigenvalue weighted by atomic mass is 9.98. The number of ether oxygens (including phenoxy) is 3. The maximum atomic E-state index is 18.1. The van der Waals surface area contributed by atoms with Gasteiger partial charge in [0.2, 0.25) is 5.88 Å². The van der Waals surface area contributed by atoms with Gasteiger partial charge in [0.1, 0.15) is 54.1 Å². The molecule has 4 aromatic rings. The van der Waals surface area contributed by atoms with Gasteiger partial charge in [0.25, 0.3) is 0 Å². The molecule has 6 heterocycles. The highest BCUT2D eigenvalue weighted by Gasteiger charge is 2.53. The molecule has 65 heavy (non-hydrogen) atoms. The molecule has 18 heteroatoms. The van der Waals surface area contributed by atoms with Crippen molar-refractivity contribution in [2.45, 2.75) is 160 Å². The van der Waals surface area contributed by atoms with E-state index >= 15 is 4.39 Å². The second kappa shape index (κ2) is 17.2. The summed E-state index contributed by atoms with van der Waals surface area (Å²) in [4.78, 5) is 63.9. The molecule has 2 fully saturated rings. The van der Waals surface area contributed by atoms with Gasteiger partial charge >= 0.3 is 23.4 Å². The van der Waals surface area contributed by atoms with Gasteiger partial charge in [-0.1, -0.05) is 53.5 Å². The van der Waals surface area contributed by atoms with Crippen LogP contribution in [-0.2, 0) is 20.6 Å². The summed E-state index contributed by atoms with van der Waals surface area (Å²) in [7, 11) is -2.34. The number of imide groups is 1. The molecule has 1 aromatic carbocycles. The lowest BCUT2D eigenvalue weighted by molar-refractivity contribution is 0.0428. The Balaban J connectivity index is 1.57. The third-order valence-electron chi connectivity index (χ3n) is 12.7. The molecular formula is C47H60FN7O8SSi. The third kappa shape index (κ3) is 8.67. The van der Waals surface area contributed by atoms with E-state index in [2.05, 4.69) is 58.0 Å². The molecule has 5 unspecified atom stereocenters. The molecule has 0 aliphatic carbocycles. The van der Waals surface area contributed by atoms with Crippen LogP contribution in [0.4, 0.5) is 30.4 Å². The molecule has 0 saturated carbocycles. The van der Waals surface area contributed by atoms with Gasteiger partial charge in [0.05, 0.1) is 23.6 Å². The Kier molecular flexibility index (Phi) is 12.6. The molecule has 3 aliphatic rings. The molecule has 3 aliphatic heterocycles. The van der Waals surface area contributed by atoms with Crippen LogP contribution in [0.2, 0.25) is 16.6 Å². The average molecular weight is 930 g/mol. The van der Waals surface area contributed by atoms with Crippen molar-refractivity contribution in [2.24, 2.45) is 0 Å². The minimum absolute atomic E-state index is 0.0310. The summed E-state index contributed by atoms with van der Waals surface area (Å²) in [6.45, 7) is 25.2. The lowest BCUT2D eigenvalue weighted by Gasteiger charge is -2.47. The Morgan fingerprint density at radius 3 is 2.12 bits per heavy atom. The smallest absolute Gasteiger partial charge is 0.425 e. The number of aromatic nitrogens is 4. The molecule has 5 atom stereocenters. The summed E-state index contributed by atoms with van der Waals surface area (Å²) in [5.41, 5.74) is 2.96. The molecule has 1 N–H and O–H groups in total. The van der Waals surface area contributed by atoms with Crippen LogP contribution in [0.15, 0.2) is 29.4 Å². The highest BCUT2D eigenvalue weighted by molar-refractivity contribution is 7.90. The number of piperazine rings is 1. The summed E-state index contributed by atoms with van der Waals surface area (Å²) in [6, 6.07) is 5.27. The molecule has 0 radical (unpaired) electrons. The monoisotopic (exact) mass is 929 g/mol. The Morgan fingerprint density at radius 1 is 0.954 bits per heavy atom. The first-order valence-corrected chi connectivity index (χ1v) is 26.0. The zero-order valence-electron chi connectivity index (χ0n) is 39.7. The number of amides is 3. The zero-order valence-corrected chi connectivity index (χ0v) is 41.5. The van der Waals surface area contributed by atoms with Gasteiger partial charge in [-0.25, -0.2) is 28.7 Å². The number of carbonyl (C=O) groups is 3. The van der Waals surface area contributed by atoms with Crippen molar-refractivity contribution in [3.8, 4) is 28.6 Å².